The number of amides is 1. The van der Waals surface area contributed by atoms with Crippen molar-refractivity contribution >= 4 is 23.4 Å². The van der Waals surface area contributed by atoms with Crippen molar-refractivity contribution in [1.82, 2.24) is 19.7 Å². The number of aryl methyl sites for hydroxylation is 1. The Labute approximate surface area is 156 Å². The third-order valence-electron chi connectivity index (χ3n) is 5.28. The number of fused-ring (bicyclic) bond motifs is 2. The minimum absolute atomic E-state index is 0.0231. The number of anilines is 3. The number of primary amides is 1. The molecule has 2 aromatic rings. The van der Waals surface area contributed by atoms with Crippen LogP contribution in [0.15, 0.2) is 30.7 Å². The van der Waals surface area contributed by atoms with Crippen molar-refractivity contribution in [2.75, 3.05) is 17.2 Å². The van der Waals surface area contributed by atoms with Gasteiger partial charge in [-0.1, -0.05) is 12.2 Å². The molecular formula is C18H23N7O2. The summed E-state index contributed by atoms with van der Waals surface area (Å²) in [5, 5.41) is 19.7. The molecule has 2 aliphatic rings. The first-order chi connectivity index (χ1) is 13.0. The Hall–Kier alpha value is -2.94. The first-order valence-electron chi connectivity index (χ1n) is 9.03. The monoisotopic (exact) mass is 369 g/mol. The Bertz CT molecular complexity index is 878. The molecule has 2 aromatic heterocycles. The third-order valence-corrected chi connectivity index (χ3v) is 5.28. The maximum absolute atomic E-state index is 11.9. The fraction of sp³-hybridized carbons (Fsp3) is 0.444. The van der Waals surface area contributed by atoms with Crippen LogP contribution >= 0.6 is 0 Å². The van der Waals surface area contributed by atoms with E-state index in [4.69, 9.17) is 10.8 Å². The first-order valence-corrected chi connectivity index (χ1v) is 9.03. The minimum atomic E-state index is -0.272. The molecule has 0 unspecified atom stereocenters. The van der Waals surface area contributed by atoms with Gasteiger partial charge >= 0.3 is 0 Å². The van der Waals surface area contributed by atoms with Gasteiger partial charge in [-0.2, -0.15) is 10.1 Å². The SMILES string of the molecule is Cc1cnc(Nc2cnn(CCO)c2)nc1N[C@H]1[C@@H](C(N)=O)[C@@H]2C=C[C@H]1C2. The van der Waals surface area contributed by atoms with Gasteiger partial charge in [0.2, 0.25) is 11.9 Å². The zero-order chi connectivity index (χ0) is 19.0. The second-order valence-corrected chi connectivity index (χ2v) is 7.11. The Morgan fingerprint density at radius 2 is 2.19 bits per heavy atom. The van der Waals surface area contributed by atoms with Crippen LogP contribution in [-0.2, 0) is 11.3 Å². The van der Waals surface area contributed by atoms with Crippen molar-refractivity contribution in [2.24, 2.45) is 23.5 Å². The van der Waals surface area contributed by atoms with Gasteiger partial charge in [0.15, 0.2) is 0 Å². The lowest BCUT2D eigenvalue weighted by Gasteiger charge is -2.27. The molecule has 9 heteroatoms. The van der Waals surface area contributed by atoms with Gasteiger partial charge in [0.05, 0.1) is 31.0 Å². The summed E-state index contributed by atoms with van der Waals surface area (Å²) >= 11 is 0. The van der Waals surface area contributed by atoms with Crippen molar-refractivity contribution in [3.8, 4) is 0 Å². The lowest BCUT2D eigenvalue weighted by molar-refractivity contribution is -0.122. The molecule has 0 aliphatic heterocycles. The molecule has 0 spiro atoms. The van der Waals surface area contributed by atoms with Gasteiger partial charge in [-0.25, -0.2) is 4.98 Å². The fourth-order valence-corrected chi connectivity index (χ4v) is 4.00. The summed E-state index contributed by atoms with van der Waals surface area (Å²) in [4.78, 5) is 20.8. The summed E-state index contributed by atoms with van der Waals surface area (Å²) in [6.45, 7) is 2.37. The molecule has 2 aliphatic carbocycles. The van der Waals surface area contributed by atoms with Crippen molar-refractivity contribution in [3.05, 3.63) is 36.3 Å². The number of nitrogens with zero attached hydrogens (tertiary/aromatic N) is 4. The number of nitrogens with one attached hydrogen (secondary N) is 2. The van der Waals surface area contributed by atoms with Crippen molar-refractivity contribution in [1.29, 1.82) is 0 Å². The van der Waals surface area contributed by atoms with Crippen LogP contribution < -0.4 is 16.4 Å². The summed E-state index contributed by atoms with van der Waals surface area (Å²) in [5.74, 6) is 1.12. The lowest BCUT2D eigenvalue weighted by Crippen LogP contribution is -2.41. The minimum Gasteiger partial charge on any atom is -0.394 e. The molecule has 1 amide bonds. The molecule has 2 bridgehead atoms. The van der Waals surface area contributed by atoms with Crippen LogP contribution in [0.3, 0.4) is 0 Å². The summed E-state index contributed by atoms with van der Waals surface area (Å²) in [6.07, 6.45) is 10.4. The zero-order valence-corrected chi connectivity index (χ0v) is 15.0. The highest BCUT2D eigenvalue weighted by atomic mass is 16.3. The summed E-state index contributed by atoms with van der Waals surface area (Å²) < 4.78 is 1.63. The number of carbonyl (C=O) groups excluding carboxylic acids is 1. The average molecular weight is 369 g/mol. The van der Waals surface area contributed by atoms with Crippen LogP contribution in [0.2, 0.25) is 0 Å². The van der Waals surface area contributed by atoms with Crippen LogP contribution in [0.25, 0.3) is 0 Å². The van der Waals surface area contributed by atoms with Gasteiger partial charge in [-0.3, -0.25) is 9.48 Å². The smallest absolute Gasteiger partial charge is 0.229 e. The van der Waals surface area contributed by atoms with Gasteiger partial charge in [-0.15, -0.1) is 0 Å². The van der Waals surface area contributed by atoms with E-state index in [9.17, 15) is 4.79 Å². The highest BCUT2D eigenvalue weighted by Crippen LogP contribution is 2.44. The summed E-state index contributed by atoms with van der Waals surface area (Å²) in [6, 6.07) is -0.0498. The van der Waals surface area contributed by atoms with Crippen LogP contribution in [0.1, 0.15) is 12.0 Å². The topological polar surface area (TPSA) is 131 Å². The van der Waals surface area contributed by atoms with Gasteiger partial charge < -0.3 is 21.5 Å². The number of hydrogen-bond acceptors (Lipinski definition) is 7. The first kappa shape index (κ1) is 17.5. The van der Waals surface area contributed by atoms with E-state index in [1.54, 1.807) is 23.3 Å². The van der Waals surface area contributed by atoms with Crippen LogP contribution in [-0.4, -0.2) is 43.4 Å². The third kappa shape index (κ3) is 3.37. The number of rotatable bonds is 7. The second kappa shape index (κ2) is 6.99. The Morgan fingerprint density at radius 1 is 1.37 bits per heavy atom. The Morgan fingerprint density at radius 3 is 2.96 bits per heavy atom. The van der Waals surface area contributed by atoms with Crippen LogP contribution in [0, 0.1) is 24.7 Å². The predicted octanol–water partition coefficient (Wildman–Crippen LogP) is 0.805. The molecule has 4 atom stereocenters. The number of aliphatic hydroxyl groups excluding tert-OH is 1. The highest BCUT2D eigenvalue weighted by Gasteiger charge is 2.47. The fourth-order valence-electron chi connectivity index (χ4n) is 4.00. The van der Waals surface area contributed by atoms with E-state index in [-0.39, 0.29) is 36.3 Å². The number of nitrogens with two attached hydrogens (primary N) is 1. The average Bonchev–Trinajstić information content (AvgIpc) is 3.34. The summed E-state index contributed by atoms with van der Waals surface area (Å²) in [5.41, 5.74) is 7.27. The van der Waals surface area contributed by atoms with Gasteiger partial charge in [-0.05, 0) is 25.2 Å². The maximum atomic E-state index is 11.9. The van der Waals surface area contributed by atoms with E-state index in [1.807, 2.05) is 6.92 Å². The van der Waals surface area contributed by atoms with Crippen LogP contribution in [0.4, 0.5) is 17.5 Å². The van der Waals surface area contributed by atoms with Crippen molar-refractivity contribution < 1.29 is 9.90 Å². The van der Waals surface area contributed by atoms with E-state index in [0.717, 1.165) is 17.7 Å². The molecule has 1 saturated carbocycles. The quantitative estimate of drug-likeness (QED) is 0.531. The molecule has 0 saturated heterocycles. The van der Waals surface area contributed by atoms with Gasteiger partial charge in [0, 0.05) is 24.0 Å². The lowest BCUT2D eigenvalue weighted by atomic mass is 9.88. The normalized spacial score (nSPS) is 25.7. The molecule has 4 rings (SSSR count). The zero-order valence-electron chi connectivity index (χ0n) is 15.0. The van der Waals surface area contributed by atoms with Crippen molar-refractivity contribution in [2.45, 2.75) is 25.9 Å². The highest BCUT2D eigenvalue weighted by molar-refractivity contribution is 5.79. The number of aliphatic hydroxyl groups is 1. The van der Waals surface area contributed by atoms with E-state index >= 15 is 0 Å². The predicted molar refractivity (Wildman–Crippen MR) is 100 cm³/mol. The molecule has 0 radical (unpaired) electrons. The van der Waals surface area contributed by atoms with Gasteiger partial charge in [0.1, 0.15) is 5.82 Å². The van der Waals surface area contributed by atoms with Crippen molar-refractivity contribution in [3.63, 3.8) is 0 Å². The Kier molecular flexibility index (Phi) is 4.53. The Balaban J connectivity index is 1.52. The molecule has 142 valence electrons. The second-order valence-electron chi connectivity index (χ2n) is 7.11. The van der Waals surface area contributed by atoms with Gasteiger partial charge in [0.25, 0.3) is 0 Å². The molecule has 5 N–H and O–H groups in total. The number of aromatic nitrogens is 4. The van der Waals surface area contributed by atoms with E-state index in [0.29, 0.717) is 18.3 Å². The number of carbonyl (C=O) groups is 1. The molecule has 0 aromatic carbocycles. The number of hydrogen-bond donors (Lipinski definition) is 4. The maximum Gasteiger partial charge on any atom is 0.229 e. The summed E-state index contributed by atoms with van der Waals surface area (Å²) in [7, 11) is 0. The standard InChI is InChI=1S/C18H23N7O2/c1-10-7-20-18(22-13-8-21-25(9-13)4-5-26)24-17(10)23-15-12-3-2-11(6-12)14(15)16(19)27/h2-3,7-9,11-12,14-15,26H,4-6H2,1H3,(H2,19,27)(H2,20,22,23,24)/t11-,12+,14+,15-/m1/s1. The largest absolute Gasteiger partial charge is 0.394 e. The molecular weight excluding hydrogens is 346 g/mol. The molecule has 27 heavy (non-hydrogen) atoms. The van der Waals surface area contributed by atoms with E-state index < -0.39 is 0 Å². The van der Waals surface area contributed by atoms with Crippen LogP contribution in [0.5, 0.6) is 0 Å². The molecule has 2 heterocycles. The number of allylic oxidation sites excluding steroid dienone is 1. The molecule has 9 nitrogen and oxygen atoms in total. The van der Waals surface area contributed by atoms with E-state index in [1.165, 1.54) is 0 Å². The molecule has 1 fully saturated rings. The van der Waals surface area contributed by atoms with E-state index in [2.05, 4.69) is 37.9 Å².